The van der Waals surface area contributed by atoms with E-state index < -0.39 is 0 Å². The van der Waals surface area contributed by atoms with Gasteiger partial charge in [-0.05, 0) is 23.3 Å². The molecule has 4 nitrogen and oxygen atoms in total. The first kappa shape index (κ1) is 19.0. The van der Waals surface area contributed by atoms with Gasteiger partial charge in [-0.1, -0.05) is 46.2 Å². The van der Waals surface area contributed by atoms with E-state index in [1.807, 2.05) is 24.3 Å². The maximum absolute atomic E-state index is 12.5. The van der Waals surface area contributed by atoms with Gasteiger partial charge in [0, 0.05) is 40.9 Å². The molecule has 1 aromatic rings. The number of ether oxygens (including phenoxy) is 1. The van der Waals surface area contributed by atoms with Gasteiger partial charge in [0.15, 0.2) is 0 Å². The minimum atomic E-state index is -0.0286. The van der Waals surface area contributed by atoms with Crippen molar-refractivity contribution in [3.05, 3.63) is 56.4 Å². The van der Waals surface area contributed by atoms with Gasteiger partial charge in [-0.15, -0.1) is 11.8 Å². The summed E-state index contributed by atoms with van der Waals surface area (Å²) < 4.78 is 6.14. The Kier molecular flexibility index (Phi) is 6.63. The quantitative estimate of drug-likeness (QED) is 0.753. The van der Waals surface area contributed by atoms with E-state index in [2.05, 4.69) is 32.7 Å². The summed E-state index contributed by atoms with van der Waals surface area (Å²) in [4.78, 5) is 15.5. The Morgan fingerprint density at radius 3 is 2.68 bits per heavy atom. The van der Waals surface area contributed by atoms with Gasteiger partial charge >= 0.3 is 0 Å². The Labute approximate surface area is 165 Å². The standard InChI is InChI=1S/C18H20BrClN2O2S/c1-12(19)16-15(13-2-4-14(20)5-3-13)10-21-18(23)17(16)25-11-22-6-8-24-9-7-22/h2-5,15H,1,6-11H2,(H,21,23). The number of carbonyl (C=O) groups excluding carboxylic acids is 1. The molecule has 0 radical (unpaired) electrons. The number of nitrogens with one attached hydrogen (secondary N) is 1. The van der Waals surface area contributed by atoms with E-state index in [0.717, 1.165) is 52.7 Å². The highest BCUT2D eigenvalue weighted by molar-refractivity contribution is 9.11. The second-order valence-electron chi connectivity index (χ2n) is 5.97. The highest BCUT2D eigenvalue weighted by Gasteiger charge is 2.31. The van der Waals surface area contributed by atoms with E-state index in [1.165, 1.54) is 0 Å². The van der Waals surface area contributed by atoms with Gasteiger partial charge in [-0.3, -0.25) is 9.69 Å². The van der Waals surface area contributed by atoms with Crippen LogP contribution < -0.4 is 5.32 Å². The molecule has 25 heavy (non-hydrogen) atoms. The Morgan fingerprint density at radius 2 is 2.04 bits per heavy atom. The molecular weight excluding hydrogens is 424 g/mol. The number of hydrogen-bond acceptors (Lipinski definition) is 4. The maximum Gasteiger partial charge on any atom is 0.258 e. The fourth-order valence-corrected chi connectivity index (χ4v) is 4.90. The molecule has 0 spiro atoms. The van der Waals surface area contributed by atoms with E-state index in [1.54, 1.807) is 11.8 Å². The van der Waals surface area contributed by atoms with E-state index in [4.69, 9.17) is 16.3 Å². The lowest BCUT2D eigenvalue weighted by molar-refractivity contribution is -0.117. The normalized spacial score (nSPS) is 22.0. The average Bonchev–Trinajstić information content (AvgIpc) is 2.62. The van der Waals surface area contributed by atoms with Crippen molar-refractivity contribution in [1.82, 2.24) is 10.2 Å². The van der Waals surface area contributed by atoms with Crippen LogP contribution in [0, 0.1) is 0 Å². The largest absolute Gasteiger partial charge is 0.379 e. The molecule has 7 heteroatoms. The molecule has 0 saturated carbocycles. The Bertz CT molecular complexity index is 687. The van der Waals surface area contributed by atoms with Crippen LogP contribution in [0.3, 0.4) is 0 Å². The third-order valence-corrected chi connectivity index (χ3v) is 6.19. The Balaban J connectivity index is 1.86. The SMILES string of the molecule is C=C(Br)C1=C(SCN2CCOCC2)C(=O)NCC1c1ccc(Cl)cc1. The number of carbonyl (C=O) groups is 1. The molecule has 3 rings (SSSR count). The number of hydrogen-bond donors (Lipinski definition) is 1. The van der Waals surface area contributed by atoms with Crippen LogP contribution in [0.25, 0.3) is 0 Å². The molecule has 2 aliphatic heterocycles. The molecule has 2 aliphatic rings. The van der Waals surface area contributed by atoms with Gasteiger partial charge in [-0.2, -0.15) is 0 Å². The van der Waals surface area contributed by atoms with Gasteiger partial charge in [0.05, 0.1) is 18.1 Å². The predicted octanol–water partition coefficient (Wildman–Crippen LogP) is 3.74. The summed E-state index contributed by atoms with van der Waals surface area (Å²) in [6.45, 7) is 7.90. The first-order valence-electron chi connectivity index (χ1n) is 8.11. The number of benzene rings is 1. The summed E-state index contributed by atoms with van der Waals surface area (Å²) in [5.41, 5.74) is 2.08. The highest BCUT2D eigenvalue weighted by atomic mass is 79.9. The van der Waals surface area contributed by atoms with Crippen LogP contribution >= 0.6 is 39.3 Å². The maximum atomic E-state index is 12.5. The van der Waals surface area contributed by atoms with Crippen molar-refractivity contribution in [1.29, 1.82) is 0 Å². The smallest absolute Gasteiger partial charge is 0.258 e. The van der Waals surface area contributed by atoms with E-state index in [0.29, 0.717) is 11.6 Å². The van der Waals surface area contributed by atoms with Crippen LogP contribution in [-0.2, 0) is 9.53 Å². The highest BCUT2D eigenvalue weighted by Crippen LogP contribution is 2.40. The van der Waals surface area contributed by atoms with Gasteiger partial charge in [0.2, 0.25) is 0 Å². The Morgan fingerprint density at radius 1 is 1.36 bits per heavy atom. The van der Waals surface area contributed by atoms with Crippen LogP contribution in [0.5, 0.6) is 0 Å². The second kappa shape index (κ2) is 8.73. The first-order valence-corrected chi connectivity index (χ1v) is 10.3. The topological polar surface area (TPSA) is 41.6 Å². The summed E-state index contributed by atoms with van der Waals surface area (Å²) in [6.07, 6.45) is 0. The molecule has 1 amide bonds. The number of morpholine rings is 1. The number of thioether (sulfide) groups is 1. The average molecular weight is 444 g/mol. The fourth-order valence-electron chi connectivity index (χ4n) is 2.98. The number of allylic oxidation sites excluding steroid dienone is 1. The molecule has 1 fully saturated rings. The molecule has 0 aromatic heterocycles. The van der Waals surface area contributed by atoms with Gasteiger partial charge in [0.1, 0.15) is 0 Å². The van der Waals surface area contributed by atoms with Gasteiger partial charge < -0.3 is 10.1 Å². The molecule has 1 unspecified atom stereocenters. The van der Waals surface area contributed by atoms with E-state index >= 15 is 0 Å². The molecular formula is C18H20BrClN2O2S. The zero-order valence-corrected chi connectivity index (χ0v) is 16.9. The van der Waals surface area contributed by atoms with Crippen LogP contribution in [0.1, 0.15) is 11.5 Å². The van der Waals surface area contributed by atoms with Crippen molar-refractivity contribution in [2.45, 2.75) is 5.92 Å². The second-order valence-corrected chi connectivity index (χ2v) is 8.31. The summed E-state index contributed by atoms with van der Waals surface area (Å²) in [6, 6.07) is 7.76. The minimum Gasteiger partial charge on any atom is -0.379 e. The molecule has 2 heterocycles. The summed E-state index contributed by atoms with van der Waals surface area (Å²) in [5.74, 6) is 0.802. The molecule has 1 atom stereocenters. The molecule has 0 aliphatic carbocycles. The van der Waals surface area contributed by atoms with Crippen molar-refractivity contribution in [2.75, 3.05) is 38.7 Å². The monoisotopic (exact) mass is 442 g/mol. The molecule has 1 saturated heterocycles. The van der Waals surface area contributed by atoms with Crippen LogP contribution in [0.15, 0.2) is 45.8 Å². The first-order chi connectivity index (χ1) is 12.1. The Hall–Kier alpha value is -0.790. The summed E-state index contributed by atoms with van der Waals surface area (Å²) >= 11 is 11.1. The molecule has 1 N–H and O–H groups in total. The van der Waals surface area contributed by atoms with Gasteiger partial charge in [-0.25, -0.2) is 0 Å². The van der Waals surface area contributed by atoms with Crippen LogP contribution in [0.2, 0.25) is 5.02 Å². The third kappa shape index (κ3) is 4.68. The number of nitrogens with zero attached hydrogens (tertiary/aromatic N) is 1. The lowest BCUT2D eigenvalue weighted by Crippen LogP contribution is -2.38. The van der Waals surface area contributed by atoms with E-state index in [-0.39, 0.29) is 11.8 Å². The lowest BCUT2D eigenvalue weighted by atomic mass is 9.88. The fraction of sp³-hybridized carbons (Fsp3) is 0.389. The number of amides is 1. The van der Waals surface area contributed by atoms with Crippen LogP contribution in [-0.4, -0.2) is 49.5 Å². The third-order valence-electron chi connectivity index (χ3n) is 4.33. The molecule has 0 bridgehead atoms. The molecule has 1 aromatic carbocycles. The zero-order valence-electron chi connectivity index (χ0n) is 13.8. The van der Waals surface area contributed by atoms with Crippen molar-refractivity contribution >= 4 is 45.2 Å². The lowest BCUT2D eigenvalue weighted by Gasteiger charge is -2.31. The number of halogens is 2. The predicted molar refractivity (Wildman–Crippen MR) is 107 cm³/mol. The summed E-state index contributed by atoms with van der Waals surface area (Å²) in [7, 11) is 0. The van der Waals surface area contributed by atoms with E-state index in [9.17, 15) is 4.79 Å². The number of rotatable bonds is 5. The van der Waals surface area contributed by atoms with Crippen molar-refractivity contribution in [2.24, 2.45) is 0 Å². The minimum absolute atomic E-state index is 0.0286. The molecule has 134 valence electrons. The van der Waals surface area contributed by atoms with Crippen molar-refractivity contribution in [3.63, 3.8) is 0 Å². The zero-order chi connectivity index (χ0) is 17.8. The van der Waals surface area contributed by atoms with Gasteiger partial charge in [0.25, 0.3) is 5.91 Å². The summed E-state index contributed by atoms with van der Waals surface area (Å²) in [5, 5.41) is 3.71. The van der Waals surface area contributed by atoms with Crippen molar-refractivity contribution < 1.29 is 9.53 Å². The van der Waals surface area contributed by atoms with Crippen molar-refractivity contribution in [3.8, 4) is 0 Å². The van der Waals surface area contributed by atoms with Crippen LogP contribution in [0.4, 0.5) is 0 Å².